The van der Waals surface area contributed by atoms with Crippen LogP contribution < -0.4 is 5.84 Å². The summed E-state index contributed by atoms with van der Waals surface area (Å²) in [6.07, 6.45) is 1.38. The molecule has 0 radical (unpaired) electrons. The molecule has 1 atom stereocenters. The van der Waals surface area contributed by atoms with Gasteiger partial charge >= 0.3 is 5.97 Å². The molecule has 0 spiro atoms. The first-order chi connectivity index (χ1) is 7.57. The first-order valence-electron chi connectivity index (χ1n) is 4.41. The number of nitrogens with two attached hydrogens (primary N) is 1. The van der Waals surface area contributed by atoms with E-state index in [1.54, 1.807) is 12.1 Å². The topological polar surface area (TPSA) is 117 Å². The van der Waals surface area contributed by atoms with Gasteiger partial charge in [-0.1, -0.05) is 6.07 Å². The first kappa shape index (κ1) is 12.1. The van der Waals surface area contributed by atoms with Crippen molar-refractivity contribution in [2.45, 2.75) is 6.04 Å². The number of aliphatic hydroxyl groups excluding tert-OH is 1. The van der Waals surface area contributed by atoms with Crippen LogP contribution in [0.2, 0.25) is 0 Å². The average molecular weight is 225 g/mol. The normalized spacial score (nSPS) is 11.9. The summed E-state index contributed by atoms with van der Waals surface area (Å²) < 4.78 is 0. The van der Waals surface area contributed by atoms with Crippen molar-refractivity contribution >= 4 is 11.9 Å². The van der Waals surface area contributed by atoms with Gasteiger partial charge in [-0.05, 0) is 12.1 Å². The second-order valence-electron chi connectivity index (χ2n) is 2.96. The summed E-state index contributed by atoms with van der Waals surface area (Å²) in [5.74, 6) is 3.17. The molecule has 7 nitrogen and oxygen atoms in total. The number of pyridine rings is 1. The van der Waals surface area contributed by atoms with Crippen LogP contribution in [0.5, 0.6) is 0 Å². The van der Waals surface area contributed by atoms with E-state index in [1.807, 2.05) is 0 Å². The molecule has 1 amide bonds. The van der Waals surface area contributed by atoms with Crippen LogP contribution >= 0.6 is 0 Å². The second-order valence-corrected chi connectivity index (χ2v) is 2.96. The fourth-order valence-corrected chi connectivity index (χ4v) is 1.05. The van der Waals surface area contributed by atoms with Gasteiger partial charge in [-0.3, -0.25) is 14.8 Å². The highest BCUT2D eigenvalue weighted by molar-refractivity contribution is 5.94. The third-order valence-corrected chi connectivity index (χ3v) is 1.91. The minimum atomic E-state index is -1.48. The largest absolute Gasteiger partial charge is 0.480 e. The van der Waals surface area contributed by atoms with Crippen LogP contribution in [0.1, 0.15) is 10.5 Å². The summed E-state index contributed by atoms with van der Waals surface area (Å²) in [6.45, 7) is -0.760. The average Bonchev–Trinajstić information content (AvgIpc) is 2.29. The summed E-state index contributed by atoms with van der Waals surface area (Å²) >= 11 is 0. The Hall–Kier alpha value is -1.99. The van der Waals surface area contributed by atoms with E-state index in [1.165, 1.54) is 12.3 Å². The molecular formula is C9H11N3O4. The highest BCUT2D eigenvalue weighted by Crippen LogP contribution is 2.02. The molecule has 0 aliphatic carbocycles. The maximum absolute atomic E-state index is 11.6. The predicted octanol–water partition coefficient (Wildman–Crippen LogP) is -1.16. The van der Waals surface area contributed by atoms with E-state index in [4.69, 9.17) is 16.1 Å². The van der Waals surface area contributed by atoms with Crippen molar-refractivity contribution in [2.75, 3.05) is 6.61 Å². The number of aliphatic carboxylic acids is 1. The zero-order valence-corrected chi connectivity index (χ0v) is 8.28. The van der Waals surface area contributed by atoms with E-state index in [2.05, 4.69) is 4.98 Å². The molecule has 16 heavy (non-hydrogen) atoms. The SMILES string of the molecule is NN(C(=O)c1ccccn1)C(CO)C(=O)O. The number of carbonyl (C=O) groups is 2. The quantitative estimate of drug-likeness (QED) is 0.338. The van der Waals surface area contributed by atoms with Crippen molar-refractivity contribution < 1.29 is 19.8 Å². The lowest BCUT2D eigenvalue weighted by molar-refractivity contribution is -0.143. The van der Waals surface area contributed by atoms with Gasteiger partial charge in [-0.25, -0.2) is 10.6 Å². The van der Waals surface area contributed by atoms with Crippen molar-refractivity contribution in [2.24, 2.45) is 5.84 Å². The fourth-order valence-electron chi connectivity index (χ4n) is 1.05. The number of carboxylic acid groups (broad SMARTS) is 1. The zero-order valence-electron chi connectivity index (χ0n) is 8.28. The molecule has 7 heteroatoms. The van der Waals surface area contributed by atoms with Crippen LogP contribution in [0.15, 0.2) is 24.4 Å². The molecule has 0 saturated carbocycles. The Kier molecular flexibility index (Phi) is 3.92. The molecule has 4 N–H and O–H groups in total. The van der Waals surface area contributed by atoms with Gasteiger partial charge in [0, 0.05) is 6.20 Å². The van der Waals surface area contributed by atoms with Crippen LogP contribution in [-0.2, 0) is 4.79 Å². The van der Waals surface area contributed by atoms with Gasteiger partial charge in [0.1, 0.15) is 5.69 Å². The molecule has 0 bridgehead atoms. The Morgan fingerprint density at radius 1 is 1.50 bits per heavy atom. The lowest BCUT2D eigenvalue weighted by atomic mass is 10.2. The molecule has 1 aromatic heterocycles. The minimum absolute atomic E-state index is 0.0182. The molecule has 1 heterocycles. The Balaban J connectivity index is 2.86. The Bertz CT molecular complexity index is 382. The fraction of sp³-hybridized carbons (Fsp3) is 0.222. The molecule has 1 unspecified atom stereocenters. The molecule has 0 aliphatic heterocycles. The summed E-state index contributed by atoms with van der Waals surface area (Å²) in [7, 11) is 0. The standard InChI is InChI=1S/C9H11N3O4/c10-12(7(5-13)9(15)16)8(14)6-3-1-2-4-11-6/h1-4,7,13H,5,10H2,(H,15,16). The van der Waals surface area contributed by atoms with Crippen LogP contribution in [0.4, 0.5) is 0 Å². The molecule has 0 saturated heterocycles. The van der Waals surface area contributed by atoms with Gasteiger partial charge in [-0.2, -0.15) is 0 Å². The van der Waals surface area contributed by atoms with Crippen LogP contribution in [0.3, 0.4) is 0 Å². The first-order valence-corrected chi connectivity index (χ1v) is 4.41. The van der Waals surface area contributed by atoms with Crippen molar-refractivity contribution in [3.8, 4) is 0 Å². The van der Waals surface area contributed by atoms with Gasteiger partial charge in [0.2, 0.25) is 0 Å². The maximum Gasteiger partial charge on any atom is 0.330 e. The summed E-state index contributed by atoms with van der Waals surface area (Å²) in [4.78, 5) is 26.0. The molecule has 1 rings (SSSR count). The summed E-state index contributed by atoms with van der Waals surface area (Å²) in [6, 6.07) is 3.11. The summed E-state index contributed by atoms with van der Waals surface area (Å²) in [5.41, 5.74) is 0.0182. The van der Waals surface area contributed by atoms with E-state index in [0.717, 1.165) is 0 Å². The van der Waals surface area contributed by atoms with Gasteiger partial charge in [0.25, 0.3) is 5.91 Å². The number of hydrogen-bond acceptors (Lipinski definition) is 5. The van der Waals surface area contributed by atoms with Gasteiger partial charge < -0.3 is 10.2 Å². The molecule has 0 aliphatic rings. The van der Waals surface area contributed by atoms with Crippen LogP contribution in [-0.4, -0.2) is 44.7 Å². The summed E-state index contributed by atoms with van der Waals surface area (Å²) in [5, 5.41) is 17.9. The number of carbonyl (C=O) groups excluding carboxylic acids is 1. The molecule has 86 valence electrons. The van der Waals surface area contributed by atoms with Gasteiger partial charge in [0.05, 0.1) is 6.61 Å². The van der Waals surface area contributed by atoms with Crippen molar-refractivity contribution in [3.05, 3.63) is 30.1 Å². The maximum atomic E-state index is 11.6. The van der Waals surface area contributed by atoms with Gasteiger partial charge in [0.15, 0.2) is 6.04 Å². The molecular weight excluding hydrogens is 214 g/mol. The van der Waals surface area contributed by atoms with E-state index in [-0.39, 0.29) is 5.69 Å². The lowest BCUT2D eigenvalue weighted by Crippen LogP contribution is -2.51. The highest BCUT2D eigenvalue weighted by Gasteiger charge is 2.27. The number of carboxylic acids is 1. The van der Waals surface area contributed by atoms with Crippen molar-refractivity contribution in [1.29, 1.82) is 0 Å². The third-order valence-electron chi connectivity index (χ3n) is 1.91. The van der Waals surface area contributed by atoms with Crippen molar-refractivity contribution in [1.82, 2.24) is 9.99 Å². The number of nitrogens with zero attached hydrogens (tertiary/aromatic N) is 2. The Morgan fingerprint density at radius 3 is 2.62 bits per heavy atom. The third kappa shape index (κ3) is 2.53. The number of hydrazine groups is 1. The number of aromatic nitrogens is 1. The number of hydrogen-bond donors (Lipinski definition) is 3. The predicted molar refractivity (Wildman–Crippen MR) is 53.1 cm³/mol. The van der Waals surface area contributed by atoms with E-state index < -0.39 is 24.5 Å². The number of rotatable bonds is 4. The highest BCUT2D eigenvalue weighted by atomic mass is 16.4. The molecule has 0 fully saturated rings. The lowest BCUT2D eigenvalue weighted by Gasteiger charge is -2.21. The van der Waals surface area contributed by atoms with Gasteiger partial charge in [-0.15, -0.1) is 0 Å². The number of aliphatic hydroxyl groups is 1. The van der Waals surface area contributed by atoms with E-state index in [0.29, 0.717) is 5.01 Å². The van der Waals surface area contributed by atoms with Crippen molar-refractivity contribution in [3.63, 3.8) is 0 Å². The minimum Gasteiger partial charge on any atom is -0.480 e. The Morgan fingerprint density at radius 2 is 2.19 bits per heavy atom. The second kappa shape index (κ2) is 5.19. The van der Waals surface area contributed by atoms with E-state index >= 15 is 0 Å². The smallest absolute Gasteiger partial charge is 0.330 e. The zero-order chi connectivity index (χ0) is 12.1. The van der Waals surface area contributed by atoms with Crippen LogP contribution in [0.25, 0.3) is 0 Å². The van der Waals surface area contributed by atoms with Crippen LogP contribution in [0, 0.1) is 0 Å². The monoisotopic (exact) mass is 225 g/mol. The van der Waals surface area contributed by atoms with E-state index in [9.17, 15) is 9.59 Å². The Labute approximate surface area is 91.1 Å². The molecule has 1 aromatic rings. The number of amides is 1. The molecule has 0 aromatic carbocycles.